The Morgan fingerprint density at radius 1 is 1.41 bits per heavy atom. The van der Waals surface area contributed by atoms with Gasteiger partial charge in [0.15, 0.2) is 0 Å². The summed E-state index contributed by atoms with van der Waals surface area (Å²) in [4.78, 5) is 14.2. The third-order valence-electron chi connectivity index (χ3n) is 3.81. The zero-order valence-electron chi connectivity index (χ0n) is 13.1. The van der Waals surface area contributed by atoms with Crippen molar-refractivity contribution < 1.29 is 9.53 Å². The number of benzene rings is 1. The Labute approximate surface area is 143 Å². The monoisotopic (exact) mass is 346 g/mol. The van der Waals surface area contributed by atoms with Crippen LogP contribution in [-0.2, 0) is 0 Å². The molecule has 0 radical (unpaired) electrons. The van der Waals surface area contributed by atoms with Gasteiger partial charge in [0.2, 0.25) is 0 Å². The summed E-state index contributed by atoms with van der Waals surface area (Å²) in [6.45, 7) is 1.40. The summed E-state index contributed by atoms with van der Waals surface area (Å²) in [7, 11) is 3.66. The van der Waals surface area contributed by atoms with E-state index in [1.54, 1.807) is 30.1 Å². The molecule has 0 saturated heterocycles. The van der Waals surface area contributed by atoms with Gasteiger partial charge in [-0.05, 0) is 50.9 Å². The highest BCUT2D eigenvalue weighted by atomic mass is 35.5. The quantitative estimate of drug-likeness (QED) is 0.858. The fraction of sp³-hybridized carbons (Fsp3) is 0.562. The first-order chi connectivity index (χ1) is 10.1. The molecule has 1 N–H and O–H groups in total. The Bertz CT molecular complexity index is 491. The second-order valence-corrected chi connectivity index (χ2v) is 5.93. The second kappa shape index (κ2) is 9.23. The summed E-state index contributed by atoms with van der Waals surface area (Å²) in [6.07, 6.45) is 4.74. The minimum Gasteiger partial charge on any atom is -0.490 e. The molecule has 1 aromatic rings. The van der Waals surface area contributed by atoms with Crippen LogP contribution in [0.25, 0.3) is 0 Å². The van der Waals surface area contributed by atoms with E-state index in [1.807, 2.05) is 7.05 Å². The minimum absolute atomic E-state index is 0. The molecular formula is C16H24Cl2N2O2. The van der Waals surface area contributed by atoms with E-state index < -0.39 is 0 Å². The number of hydrogen-bond acceptors (Lipinski definition) is 3. The maximum Gasteiger partial charge on any atom is 0.257 e. The van der Waals surface area contributed by atoms with Gasteiger partial charge in [0.25, 0.3) is 5.91 Å². The van der Waals surface area contributed by atoms with Gasteiger partial charge in [0, 0.05) is 25.2 Å². The van der Waals surface area contributed by atoms with Gasteiger partial charge in [-0.2, -0.15) is 0 Å². The molecule has 0 spiro atoms. The van der Waals surface area contributed by atoms with Crippen molar-refractivity contribution in [2.24, 2.45) is 0 Å². The first kappa shape index (κ1) is 19.1. The van der Waals surface area contributed by atoms with Gasteiger partial charge in [-0.3, -0.25) is 4.79 Å². The van der Waals surface area contributed by atoms with Crippen molar-refractivity contribution in [2.75, 3.05) is 27.2 Å². The predicted molar refractivity (Wildman–Crippen MR) is 92.5 cm³/mol. The van der Waals surface area contributed by atoms with Crippen LogP contribution in [0.1, 0.15) is 36.0 Å². The molecule has 0 bridgehead atoms. The van der Waals surface area contributed by atoms with Gasteiger partial charge in [-0.1, -0.05) is 11.6 Å². The Kier molecular flexibility index (Phi) is 8.01. The first-order valence-electron chi connectivity index (χ1n) is 7.48. The molecule has 1 saturated carbocycles. The minimum atomic E-state index is -0.0549. The van der Waals surface area contributed by atoms with Crippen LogP contribution in [0.2, 0.25) is 5.02 Å². The van der Waals surface area contributed by atoms with Crippen molar-refractivity contribution >= 4 is 29.9 Å². The molecule has 0 aliphatic heterocycles. The number of amides is 1. The smallest absolute Gasteiger partial charge is 0.257 e. The Hall–Kier alpha value is -0.970. The topological polar surface area (TPSA) is 41.6 Å². The molecule has 2 rings (SSSR count). The van der Waals surface area contributed by atoms with E-state index in [2.05, 4.69) is 5.32 Å². The van der Waals surface area contributed by atoms with Crippen molar-refractivity contribution in [3.05, 3.63) is 28.8 Å². The number of nitrogens with zero attached hydrogens (tertiary/aromatic N) is 1. The third-order valence-corrected chi connectivity index (χ3v) is 4.05. The molecule has 1 fully saturated rings. The van der Waals surface area contributed by atoms with Crippen LogP contribution in [0.3, 0.4) is 0 Å². The molecule has 1 aliphatic rings. The van der Waals surface area contributed by atoms with Gasteiger partial charge in [-0.25, -0.2) is 0 Å². The molecule has 0 unspecified atom stereocenters. The van der Waals surface area contributed by atoms with E-state index in [1.165, 1.54) is 12.8 Å². The number of nitrogens with one attached hydrogen (secondary N) is 1. The van der Waals surface area contributed by atoms with Gasteiger partial charge in [0.05, 0.1) is 11.7 Å². The van der Waals surface area contributed by atoms with Crippen molar-refractivity contribution in [1.82, 2.24) is 10.2 Å². The number of ether oxygens (including phenoxy) is 1. The summed E-state index contributed by atoms with van der Waals surface area (Å²) in [5.41, 5.74) is 0.549. The van der Waals surface area contributed by atoms with Crippen LogP contribution >= 0.6 is 24.0 Å². The Morgan fingerprint density at radius 3 is 2.73 bits per heavy atom. The summed E-state index contributed by atoms with van der Waals surface area (Å²) < 4.78 is 6.02. The summed E-state index contributed by atoms with van der Waals surface area (Å²) in [5.74, 6) is 0.591. The van der Waals surface area contributed by atoms with Crippen LogP contribution in [0.4, 0.5) is 0 Å². The van der Waals surface area contributed by atoms with Crippen molar-refractivity contribution in [2.45, 2.75) is 31.8 Å². The Morgan fingerprint density at radius 2 is 2.09 bits per heavy atom. The lowest BCUT2D eigenvalue weighted by Gasteiger charge is -2.21. The summed E-state index contributed by atoms with van der Waals surface area (Å²) >= 11 is 6.05. The molecule has 1 aliphatic carbocycles. The number of likely N-dealkylation sites (N-methyl/N-ethyl adjacent to an activating group) is 2. The van der Waals surface area contributed by atoms with Crippen LogP contribution in [0.5, 0.6) is 5.75 Å². The molecule has 6 heteroatoms. The van der Waals surface area contributed by atoms with Crippen molar-refractivity contribution in [1.29, 1.82) is 0 Å². The third kappa shape index (κ3) is 5.04. The zero-order chi connectivity index (χ0) is 15.2. The largest absolute Gasteiger partial charge is 0.490 e. The molecule has 4 nitrogen and oxygen atoms in total. The normalized spacial score (nSPS) is 14.5. The SMILES string of the molecule is CNCCN(C)C(=O)c1cc(Cl)ccc1OC1CCCC1.Cl. The van der Waals surface area contributed by atoms with Crippen molar-refractivity contribution in [3.63, 3.8) is 0 Å². The van der Waals surface area contributed by atoms with Crippen LogP contribution in [0, 0.1) is 0 Å². The average Bonchev–Trinajstić information content (AvgIpc) is 2.98. The zero-order valence-corrected chi connectivity index (χ0v) is 14.7. The molecule has 124 valence electrons. The molecule has 22 heavy (non-hydrogen) atoms. The highest BCUT2D eigenvalue weighted by Gasteiger charge is 2.22. The van der Waals surface area contributed by atoms with E-state index in [0.29, 0.717) is 22.9 Å². The molecule has 1 aromatic carbocycles. The maximum absolute atomic E-state index is 12.6. The average molecular weight is 347 g/mol. The second-order valence-electron chi connectivity index (χ2n) is 5.50. The number of carbonyl (C=O) groups is 1. The fourth-order valence-corrected chi connectivity index (χ4v) is 2.72. The highest BCUT2D eigenvalue weighted by Crippen LogP contribution is 2.29. The number of hydrogen-bond donors (Lipinski definition) is 1. The van der Waals surface area contributed by atoms with Crippen LogP contribution in [-0.4, -0.2) is 44.1 Å². The number of carbonyl (C=O) groups excluding carboxylic acids is 1. The Balaban J connectivity index is 0.00000242. The van der Waals surface area contributed by atoms with Gasteiger partial charge < -0.3 is 15.0 Å². The van der Waals surface area contributed by atoms with Crippen LogP contribution in [0.15, 0.2) is 18.2 Å². The predicted octanol–water partition coefficient (Wildman–Crippen LogP) is 3.37. The summed E-state index contributed by atoms with van der Waals surface area (Å²) in [6, 6.07) is 5.28. The first-order valence-corrected chi connectivity index (χ1v) is 7.86. The molecule has 0 aromatic heterocycles. The maximum atomic E-state index is 12.6. The lowest BCUT2D eigenvalue weighted by Crippen LogP contribution is -2.33. The van der Waals surface area contributed by atoms with E-state index in [-0.39, 0.29) is 24.4 Å². The highest BCUT2D eigenvalue weighted by molar-refractivity contribution is 6.31. The number of rotatable bonds is 6. The van der Waals surface area contributed by atoms with Gasteiger partial charge >= 0.3 is 0 Å². The lowest BCUT2D eigenvalue weighted by molar-refractivity contribution is 0.0789. The summed E-state index contributed by atoms with van der Waals surface area (Å²) in [5, 5.41) is 3.59. The van der Waals surface area contributed by atoms with Crippen LogP contribution < -0.4 is 10.1 Å². The molecular weight excluding hydrogens is 323 g/mol. The van der Waals surface area contributed by atoms with E-state index in [9.17, 15) is 4.79 Å². The van der Waals surface area contributed by atoms with Crippen molar-refractivity contribution in [3.8, 4) is 5.75 Å². The fourth-order valence-electron chi connectivity index (χ4n) is 2.54. The van der Waals surface area contributed by atoms with Gasteiger partial charge in [-0.15, -0.1) is 12.4 Å². The van der Waals surface area contributed by atoms with Gasteiger partial charge in [0.1, 0.15) is 5.75 Å². The number of halogens is 2. The molecule has 0 atom stereocenters. The van der Waals surface area contributed by atoms with E-state index in [0.717, 1.165) is 19.4 Å². The molecule has 0 heterocycles. The van der Waals surface area contributed by atoms with E-state index >= 15 is 0 Å². The molecule has 1 amide bonds. The van der Waals surface area contributed by atoms with E-state index in [4.69, 9.17) is 16.3 Å². The lowest BCUT2D eigenvalue weighted by atomic mass is 10.1. The standard InChI is InChI=1S/C16H23ClN2O2.ClH/c1-18-9-10-19(2)16(20)14-11-12(17)7-8-15(14)21-13-5-3-4-6-13;/h7-8,11,13,18H,3-6,9-10H2,1-2H3;1H.